The number of carbonyl (C=O) groups is 1. The first-order chi connectivity index (χ1) is 12.2. The van der Waals surface area contributed by atoms with Crippen LogP contribution in [-0.4, -0.2) is 48.5 Å². The van der Waals surface area contributed by atoms with Crippen molar-refractivity contribution < 1.29 is 4.79 Å². The fraction of sp³-hybridized carbons (Fsp3) is 0.650. The predicted molar refractivity (Wildman–Crippen MR) is 107 cm³/mol. The first kappa shape index (κ1) is 18.7. The highest BCUT2D eigenvalue weighted by atomic mass is 32.2. The Hall–Kier alpha value is -1.04. The van der Waals surface area contributed by atoms with Crippen molar-refractivity contribution in [3.8, 4) is 0 Å². The Labute approximate surface area is 156 Å². The molecule has 0 radical (unpaired) electrons. The minimum atomic E-state index is 0.160. The number of rotatable bonds is 6. The summed E-state index contributed by atoms with van der Waals surface area (Å²) in [6.07, 6.45) is 4.06. The summed E-state index contributed by atoms with van der Waals surface area (Å²) in [6, 6.07) is 6.50. The number of thioether (sulfide) groups is 1. The van der Waals surface area contributed by atoms with Crippen LogP contribution in [0.15, 0.2) is 18.2 Å². The van der Waals surface area contributed by atoms with Gasteiger partial charge in [-0.05, 0) is 62.4 Å². The van der Waals surface area contributed by atoms with Gasteiger partial charge >= 0.3 is 0 Å². The summed E-state index contributed by atoms with van der Waals surface area (Å²) in [4.78, 5) is 14.9. The summed E-state index contributed by atoms with van der Waals surface area (Å²) >= 11 is 2.04. The summed E-state index contributed by atoms with van der Waals surface area (Å²) in [7, 11) is 0. The lowest BCUT2D eigenvalue weighted by Crippen LogP contribution is -2.32. The van der Waals surface area contributed by atoms with Crippen LogP contribution in [0.4, 0.5) is 5.69 Å². The third-order valence-electron chi connectivity index (χ3n) is 5.32. The second kappa shape index (κ2) is 9.60. The van der Waals surface area contributed by atoms with Gasteiger partial charge in [0.25, 0.3) is 0 Å². The maximum Gasteiger partial charge on any atom is 0.224 e. The van der Waals surface area contributed by atoms with Gasteiger partial charge in [0.15, 0.2) is 0 Å². The lowest BCUT2D eigenvalue weighted by molar-refractivity contribution is -0.116. The normalized spacial score (nSPS) is 19.7. The van der Waals surface area contributed by atoms with E-state index in [1.165, 1.54) is 29.9 Å². The summed E-state index contributed by atoms with van der Waals surface area (Å²) in [5.41, 5.74) is 3.43. The molecule has 2 heterocycles. The molecule has 4 nitrogen and oxygen atoms in total. The predicted octanol–water partition coefficient (Wildman–Crippen LogP) is 3.26. The van der Waals surface area contributed by atoms with Gasteiger partial charge in [0.05, 0.1) is 0 Å². The molecule has 2 N–H and O–H groups in total. The van der Waals surface area contributed by atoms with E-state index in [0.717, 1.165) is 50.4 Å². The zero-order chi connectivity index (χ0) is 17.5. The maximum atomic E-state index is 12.4. The van der Waals surface area contributed by atoms with Crippen molar-refractivity contribution in [1.82, 2.24) is 10.2 Å². The Balaban J connectivity index is 1.51. The minimum Gasteiger partial charge on any atom is -0.326 e. The summed E-state index contributed by atoms with van der Waals surface area (Å²) in [5.74, 6) is 3.32. The SMILES string of the molecule is Cc1ccc(CN2CCSCC2)cc1NC(=O)CCC1CCNCC1. The Kier molecular flexibility index (Phi) is 7.20. The quantitative estimate of drug-likeness (QED) is 0.816. The van der Waals surface area contributed by atoms with Crippen molar-refractivity contribution in [1.29, 1.82) is 0 Å². The van der Waals surface area contributed by atoms with Gasteiger partial charge in [0.1, 0.15) is 0 Å². The summed E-state index contributed by atoms with van der Waals surface area (Å²) in [6.45, 7) is 7.58. The van der Waals surface area contributed by atoms with Gasteiger partial charge in [-0.1, -0.05) is 12.1 Å². The van der Waals surface area contributed by atoms with E-state index in [9.17, 15) is 4.79 Å². The molecule has 0 saturated carbocycles. The molecule has 1 amide bonds. The van der Waals surface area contributed by atoms with Gasteiger partial charge in [-0.3, -0.25) is 9.69 Å². The number of nitrogens with one attached hydrogen (secondary N) is 2. The van der Waals surface area contributed by atoms with Gasteiger partial charge in [-0.25, -0.2) is 0 Å². The topological polar surface area (TPSA) is 44.4 Å². The molecule has 0 unspecified atom stereocenters. The Morgan fingerprint density at radius 2 is 2.04 bits per heavy atom. The van der Waals surface area contributed by atoms with Gasteiger partial charge in [-0.2, -0.15) is 11.8 Å². The zero-order valence-electron chi connectivity index (χ0n) is 15.4. The van der Waals surface area contributed by atoms with E-state index in [0.29, 0.717) is 12.3 Å². The first-order valence-corrected chi connectivity index (χ1v) is 10.8. The number of nitrogens with zero attached hydrogens (tertiary/aromatic N) is 1. The average molecular weight is 362 g/mol. The largest absolute Gasteiger partial charge is 0.326 e. The number of piperidine rings is 1. The molecule has 0 aromatic heterocycles. The molecule has 1 aromatic carbocycles. The van der Waals surface area contributed by atoms with Crippen molar-refractivity contribution >= 4 is 23.4 Å². The molecular weight excluding hydrogens is 330 g/mol. The van der Waals surface area contributed by atoms with Crippen LogP contribution in [0, 0.1) is 12.8 Å². The summed E-state index contributed by atoms with van der Waals surface area (Å²) in [5, 5.41) is 6.53. The molecule has 2 fully saturated rings. The number of anilines is 1. The lowest BCUT2D eigenvalue weighted by atomic mass is 9.93. The monoisotopic (exact) mass is 361 g/mol. The van der Waals surface area contributed by atoms with Crippen LogP contribution in [-0.2, 0) is 11.3 Å². The maximum absolute atomic E-state index is 12.4. The van der Waals surface area contributed by atoms with Gasteiger partial charge in [-0.15, -0.1) is 0 Å². The molecule has 0 aliphatic carbocycles. The van der Waals surface area contributed by atoms with Crippen molar-refractivity contribution in [2.75, 3.05) is 43.0 Å². The molecule has 25 heavy (non-hydrogen) atoms. The number of benzene rings is 1. The third kappa shape index (κ3) is 6.01. The molecule has 1 aromatic rings. The van der Waals surface area contributed by atoms with Crippen LogP contribution in [0.25, 0.3) is 0 Å². The number of hydrogen-bond donors (Lipinski definition) is 2. The minimum absolute atomic E-state index is 0.160. The first-order valence-electron chi connectivity index (χ1n) is 9.61. The second-order valence-corrected chi connectivity index (χ2v) is 8.54. The number of hydrogen-bond acceptors (Lipinski definition) is 4. The number of aryl methyl sites for hydroxylation is 1. The molecule has 0 bridgehead atoms. The van der Waals surface area contributed by atoms with Gasteiger partial charge in [0.2, 0.25) is 5.91 Å². The Bertz CT molecular complexity index is 566. The van der Waals surface area contributed by atoms with E-state index in [4.69, 9.17) is 0 Å². The smallest absolute Gasteiger partial charge is 0.224 e. The second-order valence-electron chi connectivity index (χ2n) is 7.32. The highest BCUT2D eigenvalue weighted by Gasteiger charge is 2.15. The fourth-order valence-electron chi connectivity index (χ4n) is 3.64. The average Bonchev–Trinajstić information content (AvgIpc) is 2.64. The highest BCUT2D eigenvalue weighted by molar-refractivity contribution is 7.99. The van der Waals surface area contributed by atoms with Crippen LogP contribution in [0.1, 0.15) is 36.8 Å². The van der Waals surface area contributed by atoms with Crippen LogP contribution < -0.4 is 10.6 Å². The Morgan fingerprint density at radius 1 is 1.28 bits per heavy atom. The van der Waals surface area contributed by atoms with E-state index in [2.05, 4.69) is 40.7 Å². The van der Waals surface area contributed by atoms with Crippen molar-refractivity contribution in [3.05, 3.63) is 29.3 Å². The van der Waals surface area contributed by atoms with E-state index in [-0.39, 0.29) is 5.91 Å². The Morgan fingerprint density at radius 3 is 2.80 bits per heavy atom. The highest BCUT2D eigenvalue weighted by Crippen LogP contribution is 2.22. The third-order valence-corrected chi connectivity index (χ3v) is 6.27. The van der Waals surface area contributed by atoms with Crippen molar-refractivity contribution in [2.45, 2.75) is 39.2 Å². The van der Waals surface area contributed by atoms with Gasteiger partial charge < -0.3 is 10.6 Å². The fourth-order valence-corrected chi connectivity index (χ4v) is 4.62. The molecule has 2 aliphatic rings. The van der Waals surface area contributed by atoms with E-state index < -0.39 is 0 Å². The zero-order valence-corrected chi connectivity index (χ0v) is 16.2. The molecule has 0 atom stereocenters. The van der Waals surface area contributed by atoms with Crippen LogP contribution in [0.5, 0.6) is 0 Å². The van der Waals surface area contributed by atoms with Crippen LogP contribution >= 0.6 is 11.8 Å². The summed E-state index contributed by atoms with van der Waals surface area (Å²) < 4.78 is 0. The lowest BCUT2D eigenvalue weighted by Gasteiger charge is -2.26. The molecule has 3 rings (SSSR count). The van der Waals surface area contributed by atoms with Crippen molar-refractivity contribution in [2.24, 2.45) is 5.92 Å². The van der Waals surface area contributed by atoms with E-state index in [1.807, 2.05) is 11.8 Å². The molecular formula is C20H31N3OS. The van der Waals surface area contributed by atoms with E-state index >= 15 is 0 Å². The van der Waals surface area contributed by atoms with E-state index in [1.54, 1.807) is 0 Å². The molecule has 2 saturated heterocycles. The molecule has 138 valence electrons. The molecule has 2 aliphatic heterocycles. The molecule has 0 spiro atoms. The van der Waals surface area contributed by atoms with Crippen LogP contribution in [0.3, 0.4) is 0 Å². The van der Waals surface area contributed by atoms with Gasteiger partial charge in [0, 0.05) is 43.2 Å². The standard InChI is InChI=1S/C20H31N3OS/c1-16-2-3-18(15-23-10-12-25-13-11-23)14-19(16)22-20(24)5-4-17-6-8-21-9-7-17/h2-3,14,17,21H,4-13,15H2,1H3,(H,22,24). The number of carbonyl (C=O) groups excluding carboxylic acids is 1. The number of amides is 1. The van der Waals surface area contributed by atoms with Crippen molar-refractivity contribution in [3.63, 3.8) is 0 Å². The molecule has 5 heteroatoms. The van der Waals surface area contributed by atoms with Crippen LogP contribution in [0.2, 0.25) is 0 Å².